The Morgan fingerprint density at radius 1 is 0.703 bits per heavy atom. The van der Waals surface area contributed by atoms with Crippen LogP contribution in [0.2, 0.25) is 0 Å². The van der Waals surface area contributed by atoms with Crippen LogP contribution in [0.3, 0.4) is 0 Å². The number of carbonyl (C=O) groups is 2. The highest BCUT2D eigenvalue weighted by Gasteiger charge is 2.39. The number of hydrogen-bond acceptors (Lipinski definition) is 3. The lowest BCUT2D eigenvalue weighted by molar-refractivity contribution is -0.142. The summed E-state index contributed by atoms with van der Waals surface area (Å²) >= 11 is 0. The van der Waals surface area contributed by atoms with Gasteiger partial charge in [-0.05, 0) is 35.2 Å². The molecule has 0 unspecified atom stereocenters. The molecule has 37 heavy (non-hydrogen) atoms. The molecule has 0 spiro atoms. The summed E-state index contributed by atoms with van der Waals surface area (Å²) in [6.07, 6.45) is 0.0637. The summed E-state index contributed by atoms with van der Waals surface area (Å²) in [5.74, 6) is -1.42. The molecule has 4 aromatic carbocycles. The molecule has 2 N–H and O–H groups in total. The zero-order valence-electron chi connectivity index (χ0n) is 20.3. The molecule has 4 rings (SSSR count). The summed E-state index contributed by atoms with van der Waals surface area (Å²) in [7, 11) is -1.36. The largest absolute Gasteiger partial charge is 0.480 e. The molecule has 0 saturated heterocycles. The van der Waals surface area contributed by atoms with E-state index in [4.69, 9.17) is 0 Å². The molecule has 0 aliphatic heterocycles. The second-order valence-electron chi connectivity index (χ2n) is 8.79. The smallest absolute Gasteiger partial charge is 0.326 e. The second kappa shape index (κ2) is 12.3. The normalized spacial score (nSPS) is 12.9. The van der Waals surface area contributed by atoms with E-state index in [0.29, 0.717) is 4.90 Å². The van der Waals surface area contributed by atoms with Crippen molar-refractivity contribution in [2.24, 2.45) is 0 Å². The summed E-state index contributed by atoms with van der Waals surface area (Å²) in [6, 6.07) is 37.1. The van der Waals surface area contributed by atoms with Crippen molar-refractivity contribution in [1.82, 2.24) is 5.32 Å². The van der Waals surface area contributed by atoms with Crippen LogP contribution in [-0.4, -0.2) is 33.0 Å². The lowest BCUT2D eigenvalue weighted by atomic mass is 9.67. The zero-order chi connectivity index (χ0) is 26.1. The molecule has 2 atom stereocenters. The Labute approximate surface area is 219 Å². The van der Waals surface area contributed by atoms with Gasteiger partial charge in [0.25, 0.3) is 0 Å². The molecule has 5 nitrogen and oxygen atoms in total. The number of benzene rings is 4. The van der Waals surface area contributed by atoms with Crippen LogP contribution in [-0.2, 0) is 25.8 Å². The Bertz CT molecular complexity index is 1230. The van der Waals surface area contributed by atoms with Crippen molar-refractivity contribution in [3.8, 4) is 0 Å². The van der Waals surface area contributed by atoms with Crippen molar-refractivity contribution in [2.45, 2.75) is 29.2 Å². The van der Waals surface area contributed by atoms with Gasteiger partial charge >= 0.3 is 5.97 Å². The van der Waals surface area contributed by atoms with Crippen molar-refractivity contribution in [2.75, 3.05) is 5.75 Å². The van der Waals surface area contributed by atoms with Crippen LogP contribution < -0.4 is 5.32 Å². The highest BCUT2D eigenvalue weighted by molar-refractivity contribution is 7.85. The standard InChI is InChI=1S/C31H29NO4S/c33-29(32-28(30(34)35)21-22-37(36)27-19-11-4-12-20-27)23-31(24-13-5-1-6-14-24,25-15-7-2-8-16-25)26-17-9-3-10-18-26/h1-20,28H,21-23H2,(H,32,33)(H,34,35)/t28-,37+/m0/s1. The van der Waals surface area contributed by atoms with E-state index in [2.05, 4.69) is 5.32 Å². The third kappa shape index (κ3) is 6.22. The first-order valence-corrected chi connectivity index (χ1v) is 13.4. The maximum Gasteiger partial charge on any atom is 0.326 e. The fourth-order valence-electron chi connectivity index (χ4n) is 4.63. The molecule has 0 bridgehead atoms. The number of aliphatic carboxylic acids is 1. The Balaban J connectivity index is 1.63. The van der Waals surface area contributed by atoms with Gasteiger partial charge in [-0.15, -0.1) is 0 Å². The number of carboxylic acid groups (broad SMARTS) is 1. The molecular weight excluding hydrogens is 482 g/mol. The molecule has 4 aromatic rings. The van der Waals surface area contributed by atoms with Crippen LogP contribution in [0.1, 0.15) is 29.5 Å². The molecule has 0 aromatic heterocycles. The van der Waals surface area contributed by atoms with Gasteiger partial charge in [-0.1, -0.05) is 109 Å². The first-order chi connectivity index (χ1) is 18.0. The van der Waals surface area contributed by atoms with E-state index >= 15 is 0 Å². The predicted molar refractivity (Wildman–Crippen MR) is 146 cm³/mol. The fourth-order valence-corrected chi connectivity index (χ4v) is 5.78. The van der Waals surface area contributed by atoms with E-state index in [1.807, 2.05) is 97.1 Å². The summed E-state index contributed by atoms with van der Waals surface area (Å²) in [5, 5.41) is 12.6. The third-order valence-corrected chi connectivity index (χ3v) is 7.86. The van der Waals surface area contributed by atoms with Crippen molar-refractivity contribution in [3.63, 3.8) is 0 Å². The van der Waals surface area contributed by atoms with E-state index in [1.54, 1.807) is 24.3 Å². The summed E-state index contributed by atoms with van der Waals surface area (Å²) in [5.41, 5.74) is 1.96. The van der Waals surface area contributed by atoms with Gasteiger partial charge in [0.15, 0.2) is 0 Å². The maximum absolute atomic E-state index is 13.6. The van der Waals surface area contributed by atoms with Gasteiger partial charge in [0, 0.05) is 17.1 Å². The minimum absolute atomic E-state index is 0.0105. The lowest BCUT2D eigenvalue weighted by Crippen LogP contribution is -2.45. The number of carboxylic acids is 1. The van der Waals surface area contributed by atoms with E-state index < -0.39 is 34.1 Å². The molecule has 0 radical (unpaired) electrons. The molecular formula is C31H29NO4S. The van der Waals surface area contributed by atoms with Gasteiger partial charge in [-0.2, -0.15) is 0 Å². The third-order valence-electron chi connectivity index (χ3n) is 6.46. The Morgan fingerprint density at radius 2 is 1.11 bits per heavy atom. The van der Waals surface area contributed by atoms with E-state index in [0.717, 1.165) is 16.7 Å². The van der Waals surface area contributed by atoms with Crippen molar-refractivity contribution in [1.29, 1.82) is 0 Å². The highest BCUT2D eigenvalue weighted by atomic mass is 32.2. The van der Waals surface area contributed by atoms with Crippen LogP contribution in [0.4, 0.5) is 0 Å². The number of hydrogen-bond donors (Lipinski definition) is 2. The molecule has 0 aliphatic rings. The topological polar surface area (TPSA) is 83.5 Å². The Hall–Kier alpha value is -4.03. The van der Waals surface area contributed by atoms with E-state index in [1.165, 1.54) is 0 Å². The van der Waals surface area contributed by atoms with Crippen LogP contribution in [0.5, 0.6) is 0 Å². The van der Waals surface area contributed by atoms with E-state index in [-0.39, 0.29) is 18.6 Å². The van der Waals surface area contributed by atoms with Crippen LogP contribution >= 0.6 is 0 Å². The van der Waals surface area contributed by atoms with Gasteiger partial charge in [-0.3, -0.25) is 9.00 Å². The lowest BCUT2D eigenvalue weighted by Gasteiger charge is -2.36. The summed E-state index contributed by atoms with van der Waals surface area (Å²) in [6.45, 7) is 0. The van der Waals surface area contributed by atoms with Gasteiger partial charge in [0.2, 0.25) is 5.91 Å². The first-order valence-electron chi connectivity index (χ1n) is 12.1. The minimum Gasteiger partial charge on any atom is -0.480 e. The molecule has 0 heterocycles. The van der Waals surface area contributed by atoms with Gasteiger partial charge in [0.05, 0.1) is 16.2 Å². The molecule has 0 saturated carbocycles. The molecule has 0 aliphatic carbocycles. The van der Waals surface area contributed by atoms with Crippen LogP contribution in [0, 0.1) is 0 Å². The SMILES string of the molecule is O=C(CC(c1ccccc1)(c1ccccc1)c1ccccc1)N[C@@H](CC[S@@](=O)c1ccccc1)C(=O)O. The highest BCUT2D eigenvalue weighted by Crippen LogP contribution is 2.42. The van der Waals surface area contributed by atoms with Crippen molar-refractivity contribution in [3.05, 3.63) is 138 Å². The van der Waals surface area contributed by atoms with Gasteiger partial charge < -0.3 is 10.4 Å². The molecule has 1 amide bonds. The molecule has 188 valence electrons. The average Bonchev–Trinajstić information content (AvgIpc) is 2.95. The predicted octanol–water partition coefficient (Wildman–Crippen LogP) is 5.18. The fraction of sp³-hybridized carbons (Fsp3) is 0.161. The Kier molecular flexibility index (Phi) is 8.64. The number of amides is 1. The summed E-state index contributed by atoms with van der Waals surface area (Å²) in [4.78, 5) is 26.2. The number of carbonyl (C=O) groups excluding carboxylic acids is 1. The maximum atomic E-state index is 13.6. The second-order valence-corrected chi connectivity index (χ2v) is 10.4. The summed E-state index contributed by atoms with van der Waals surface area (Å²) < 4.78 is 12.6. The van der Waals surface area contributed by atoms with Crippen molar-refractivity contribution < 1.29 is 18.9 Å². The average molecular weight is 512 g/mol. The number of nitrogens with one attached hydrogen (secondary N) is 1. The Morgan fingerprint density at radius 3 is 1.51 bits per heavy atom. The van der Waals surface area contributed by atoms with Gasteiger partial charge in [-0.25, -0.2) is 4.79 Å². The minimum atomic E-state index is -1.36. The van der Waals surface area contributed by atoms with Gasteiger partial charge in [0.1, 0.15) is 6.04 Å². The number of rotatable bonds is 11. The molecule has 6 heteroatoms. The zero-order valence-corrected chi connectivity index (χ0v) is 21.1. The van der Waals surface area contributed by atoms with Crippen LogP contribution in [0.25, 0.3) is 0 Å². The monoisotopic (exact) mass is 511 g/mol. The van der Waals surface area contributed by atoms with Crippen LogP contribution in [0.15, 0.2) is 126 Å². The van der Waals surface area contributed by atoms with Crippen molar-refractivity contribution >= 4 is 22.7 Å². The quantitative estimate of drug-likeness (QED) is 0.272. The first kappa shape index (κ1) is 26.0. The molecule has 0 fully saturated rings. The van der Waals surface area contributed by atoms with E-state index in [9.17, 15) is 18.9 Å².